The second kappa shape index (κ2) is 4.86. The van der Waals surface area contributed by atoms with Crippen LogP contribution in [0.1, 0.15) is 41.0 Å². The summed E-state index contributed by atoms with van der Waals surface area (Å²) in [6, 6.07) is 0. The van der Waals surface area contributed by atoms with Crippen molar-refractivity contribution < 1.29 is 22.7 Å². The van der Waals surface area contributed by atoms with Crippen LogP contribution in [0.5, 0.6) is 0 Å². The number of fused-ring (bicyclic) bond motifs is 1. The van der Waals surface area contributed by atoms with Gasteiger partial charge in [0.15, 0.2) is 5.60 Å². The van der Waals surface area contributed by atoms with Gasteiger partial charge in [0.1, 0.15) is 0 Å². The zero-order valence-electron chi connectivity index (χ0n) is 13.3. The summed E-state index contributed by atoms with van der Waals surface area (Å²) in [5.74, 6) is 0.983. The van der Waals surface area contributed by atoms with E-state index >= 15 is 0 Å². The molecule has 1 aliphatic heterocycles. The van der Waals surface area contributed by atoms with E-state index in [1.54, 1.807) is 4.90 Å². The van der Waals surface area contributed by atoms with E-state index < -0.39 is 17.9 Å². The average Bonchev–Trinajstić information content (AvgIpc) is 2.68. The number of rotatable bonds is 4. The molecule has 1 aliphatic carbocycles. The summed E-state index contributed by atoms with van der Waals surface area (Å²) in [5.41, 5.74) is -1.92. The number of nitrogens with zero attached hydrogens (tertiary/aromatic N) is 1. The molecule has 1 heterocycles. The highest BCUT2D eigenvalue weighted by Crippen LogP contribution is 2.61. The smallest absolute Gasteiger partial charge is 0.363 e. The van der Waals surface area contributed by atoms with Crippen LogP contribution in [0.4, 0.5) is 13.2 Å². The van der Waals surface area contributed by atoms with Gasteiger partial charge < -0.3 is 9.64 Å². The lowest BCUT2D eigenvalue weighted by Gasteiger charge is -2.32. The van der Waals surface area contributed by atoms with Crippen molar-refractivity contribution in [2.45, 2.75) is 58.9 Å². The van der Waals surface area contributed by atoms with Crippen molar-refractivity contribution in [1.29, 1.82) is 0 Å². The number of piperidine rings is 1. The zero-order valence-corrected chi connectivity index (χ0v) is 13.3. The van der Waals surface area contributed by atoms with Gasteiger partial charge in [-0.15, -0.1) is 0 Å². The van der Waals surface area contributed by atoms with Crippen molar-refractivity contribution in [3.05, 3.63) is 0 Å². The maximum absolute atomic E-state index is 12.8. The SMILES string of the molecule is C[C@H](CC(=O)N1CC2C(C1)C2(C)C)OC(C)(C)C(F)(F)F. The van der Waals surface area contributed by atoms with Gasteiger partial charge in [-0.05, 0) is 38.0 Å². The van der Waals surface area contributed by atoms with E-state index in [0.717, 1.165) is 26.9 Å². The summed E-state index contributed by atoms with van der Waals surface area (Å²) < 4.78 is 43.3. The van der Waals surface area contributed by atoms with Crippen LogP contribution in [0.3, 0.4) is 0 Å². The van der Waals surface area contributed by atoms with Gasteiger partial charge in [-0.1, -0.05) is 13.8 Å². The lowest BCUT2D eigenvalue weighted by molar-refractivity contribution is -0.275. The van der Waals surface area contributed by atoms with E-state index in [9.17, 15) is 18.0 Å². The number of likely N-dealkylation sites (tertiary alicyclic amines) is 1. The molecule has 2 fully saturated rings. The molecule has 0 aromatic rings. The molecule has 2 unspecified atom stereocenters. The predicted octanol–water partition coefficient (Wildman–Crippen LogP) is 3.24. The molecule has 1 saturated carbocycles. The molecule has 3 nitrogen and oxygen atoms in total. The fraction of sp³-hybridized carbons (Fsp3) is 0.933. The zero-order chi connectivity index (χ0) is 16.2. The Morgan fingerprint density at radius 1 is 1.29 bits per heavy atom. The standard InChI is InChI=1S/C15H24F3NO2/c1-9(21-14(4,5)15(16,17)18)6-12(20)19-7-10-11(8-19)13(10,2)3/h9-11H,6-8H2,1-5H3/t9-,10?,11?/m1/s1. The molecular weight excluding hydrogens is 283 g/mol. The second-order valence-electron chi connectivity index (χ2n) is 7.47. The van der Waals surface area contributed by atoms with Crippen LogP contribution in [0.2, 0.25) is 0 Å². The summed E-state index contributed by atoms with van der Waals surface area (Å²) in [4.78, 5) is 13.9. The number of halogens is 3. The van der Waals surface area contributed by atoms with Gasteiger partial charge >= 0.3 is 6.18 Å². The molecule has 0 N–H and O–H groups in total. The van der Waals surface area contributed by atoms with Gasteiger partial charge in [0.05, 0.1) is 12.5 Å². The molecule has 0 bridgehead atoms. The Morgan fingerprint density at radius 2 is 1.76 bits per heavy atom. The quantitative estimate of drug-likeness (QED) is 0.798. The Morgan fingerprint density at radius 3 is 2.19 bits per heavy atom. The third-order valence-corrected chi connectivity index (χ3v) is 5.12. The number of alkyl halides is 3. The normalized spacial score (nSPS) is 29.2. The molecule has 0 radical (unpaired) electrons. The Bertz CT molecular complexity index is 417. The fourth-order valence-electron chi connectivity index (χ4n) is 3.32. The van der Waals surface area contributed by atoms with E-state index in [0.29, 0.717) is 17.3 Å². The van der Waals surface area contributed by atoms with Gasteiger partial charge in [0, 0.05) is 13.1 Å². The topological polar surface area (TPSA) is 29.5 Å². The van der Waals surface area contributed by atoms with Gasteiger partial charge in [-0.2, -0.15) is 13.2 Å². The number of amides is 1. The molecule has 1 saturated heterocycles. The second-order valence-corrected chi connectivity index (χ2v) is 7.47. The van der Waals surface area contributed by atoms with Crippen LogP contribution in [-0.2, 0) is 9.53 Å². The molecule has 1 amide bonds. The van der Waals surface area contributed by atoms with Gasteiger partial charge in [-0.3, -0.25) is 4.79 Å². The molecule has 2 aliphatic rings. The summed E-state index contributed by atoms with van der Waals surface area (Å²) in [6.07, 6.45) is -5.19. The third kappa shape index (κ3) is 3.05. The Labute approximate surface area is 123 Å². The van der Waals surface area contributed by atoms with Gasteiger partial charge in [-0.25, -0.2) is 0 Å². The van der Waals surface area contributed by atoms with Gasteiger partial charge in [0.2, 0.25) is 5.91 Å². The Balaban J connectivity index is 1.82. The van der Waals surface area contributed by atoms with E-state index in [1.165, 1.54) is 6.92 Å². The average molecular weight is 307 g/mol. The molecular formula is C15H24F3NO2. The maximum Gasteiger partial charge on any atom is 0.416 e. The Hall–Kier alpha value is -0.780. The first kappa shape index (κ1) is 16.6. The number of ether oxygens (including phenoxy) is 1. The number of carbonyl (C=O) groups excluding carboxylic acids is 1. The number of hydrogen-bond donors (Lipinski definition) is 0. The minimum Gasteiger partial charge on any atom is -0.363 e. The predicted molar refractivity (Wildman–Crippen MR) is 72.6 cm³/mol. The lowest BCUT2D eigenvalue weighted by Crippen LogP contribution is -2.45. The molecule has 0 spiro atoms. The van der Waals surface area contributed by atoms with Crippen molar-refractivity contribution in [2.24, 2.45) is 17.3 Å². The van der Waals surface area contributed by atoms with Crippen molar-refractivity contribution in [1.82, 2.24) is 4.90 Å². The fourth-order valence-corrected chi connectivity index (χ4v) is 3.32. The highest BCUT2D eigenvalue weighted by molar-refractivity contribution is 5.77. The first-order chi connectivity index (χ1) is 9.36. The number of hydrogen-bond acceptors (Lipinski definition) is 2. The monoisotopic (exact) mass is 307 g/mol. The highest BCUT2D eigenvalue weighted by Gasteiger charge is 2.62. The van der Waals surface area contributed by atoms with Crippen LogP contribution in [0, 0.1) is 17.3 Å². The van der Waals surface area contributed by atoms with E-state index in [2.05, 4.69) is 13.8 Å². The molecule has 2 rings (SSSR count). The summed E-state index contributed by atoms with van der Waals surface area (Å²) >= 11 is 0. The van der Waals surface area contributed by atoms with Crippen LogP contribution < -0.4 is 0 Å². The Kier molecular flexibility index (Phi) is 3.84. The highest BCUT2D eigenvalue weighted by atomic mass is 19.4. The molecule has 21 heavy (non-hydrogen) atoms. The van der Waals surface area contributed by atoms with Crippen molar-refractivity contribution in [3.8, 4) is 0 Å². The minimum absolute atomic E-state index is 0.000616. The van der Waals surface area contributed by atoms with Crippen LogP contribution >= 0.6 is 0 Å². The molecule has 3 atom stereocenters. The molecule has 0 aromatic heterocycles. The first-order valence-corrected chi connectivity index (χ1v) is 7.38. The molecule has 6 heteroatoms. The summed E-state index contributed by atoms with van der Waals surface area (Å²) in [7, 11) is 0. The molecule has 122 valence electrons. The molecule has 0 aromatic carbocycles. The first-order valence-electron chi connectivity index (χ1n) is 7.38. The van der Waals surface area contributed by atoms with E-state index in [4.69, 9.17) is 4.74 Å². The van der Waals surface area contributed by atoms with E-state index in [1.807, 2.05) is 0 Å². The maximum atomic E-state index is 12.8. The van der Waals surface area contributed by atoms with Gasteiger partial charge in [0.25, 0.3) is 0 Å². The van der Waals surface area contributed by atoms with Crippen molar-refractivity contribution in [3.63, 3.8) is 0 Å². The largest absolute Gasteiger partial charge is 0.416 e. The lowest BCUT2D eigenvalue weighted by atomic mass is 10.1. The van der Waals surface area contributed by atoms with Crippen LogP contribution in [0.25, 0.3) is 0 Å². The number of carbonyl (C=O) groups is 1. The third-order valence-electron chi connectivity index (χ3n) is 5.12. The van der Waals surface area contributed by atoms with Crippen molar-refractivity contribution in [2.75, 3.05) is 13.1 Å². The van der Waals surface area contributed by atoms with E-state index in [-0.39, 0.29) is 12.3 Å². The van der Waals surface area contributed by atoms with Crippen molar-refractivity contribution >= 4 is 5.91 Å². The van der Waals surface area contributed by atoms with Crippen LogP contribution in [0.15, 0.2) is 0 Å². The minimum atomic E-state index is -4.44. The summed E-state index contributed by atoms with van der Waals surface area (Å²) in [6.45, 7) is 9.34. The van der Waals surface area contributed by atoms with Crippen LogP contribution in [-0.4, -0.2) is 41.8 Å². The summed E-state index contributed by atoms with van der Waals surface area (Å²) in [5, 5.41) is 0.